The van der Waals surface area contributed by atoms with Crippen molar-refractivity contribution in [2.24, 2.45) is 0 Å². The molecule has 27 heavy (non-hydrogen) atoms. The van der Waals surface area contributed by atoms with E-state index in [9.17, 15) is 13.6 Å². The lowest BCUT2D eigenvalue weighted by atomic mass is 10.0. The predicted octanol–water partition coefficient (Wildman–Crippen LogP) is 3.19. The lowest BCUT2D eigenvalue weighted by Crippen LogP contribution is -2.10. The van der Waals surface area contributed by atoms with Crippen LogP contribution in [0.3, 0.4) is 0 Å². The molecule has 4 rings (SSSR count). The molecule has 4 N–H and O–H groups in total. The maximum absolute atomic E-state index is 14.3. The zero-order valence-corrected chi connectivity index (χ0v) is 13.7. The average molecular weight is 366 g/mol. The molecule has 3 heterocycles. The molecule has 4 aromatic rings. The van der Waals surface area contributed by atoms with Crippen molar-refractivity contribution < 1.29 is 13.6 Å². The number of ketones is 1. The van der Waals surface area contributed by atoms with Crippen LogP contribution in [0.25, 0.3) is 11.0 Å². The van der Waals surface area contributed by atoms with Crippen molar-refractivity contribution in [1.29, 1.82) is 0 Å². The van der Waals surface area contributed by atoms with Gasteiger partial charge in [0.05, 0.1) is 22.2 Å². The van der Waals surface area contributed by atoms with E-state index in [2.05, 4.69) is 25.3 Å². The third kappa shape index (κ3) is 2.84. The Kier molecular flexibility index (Phi) is 3.96. The minimum absolute atomic E-state index is 0.00688. The normalized spacial score (nSPS) is 10.9. The van der Waals surface area contributed by atoms with E-state index in [4.69, 9.17) is 5.73 Å². The summed E-state index contributed by atoms with van der Waals surface area (Å²) in [5.41, 5.74) is 4.77. The first kappa shape index (κ1) is 16.6. The van der Waals surface area contributed by atoms with Crippen LogP contribution in [0.2, 0.25) is 0 Å². The highest BCUT2D eigenvalue weighted by atomic mass is 19.1. The van der Waals surface area contributed by atoms with Gasteiger partial charge in [0.2, 0.25) is 5.78 Å². The lowest BCUT2D eigenvalue weighted by molar-refractivity contribution is 0.103. The molecule has 0 saturated heterocycles. The minimum atomic E-state index is -1.11. The number of benzene rings is 1. The molecule has 0 bridgehead atoms. The van der Waals surface area contributed by atoms with Crippen LogP contribution < -0.4 is 11.1 Å². The number of hydrogen-bond acceptors (Lipinski definition) is 6. The van der Waals surface area contributed by atoms with Crippen LogP contribution >= 0.6 is 0 Å². The van der Waals surface area contributed by atoms with E-state index in [1.54, 1.807) is 24.4 Å². The molecule has 3 aromatic heterocycles. The number of anilines is 3. The van der Waals surface area contributed by atoms with Gasteiger partial charge in [-0.1, -0.05) is 6.07 Å². The summed E-state index contributed by atoms with van der Waals surface area (Å²) in [5, 5.41) is 3.26. The fraction of sp³-hybridized carbons (Fsp3) is 0. The number of aromatic amines is 1. The van der Waals surface area contributed by atoms with Gasteiger partial charge in [0, 0.05) is 12.4 Å². The molecule has 0 aliphatic heterocycles. The van der Waals surface area contributed by atoms with Crippen molar-refractivity contribution >= 4 is 34.1 Å². The Morgan fingerprint density at radius 3 is 2.74 bits per heavy atom. The van der Waals surface area contributed by atoms with Crippen molar-refractivity contribution in [1.82, 2.24) is 19.9 Å². The maximum atomic E-state index is 14.3. The van der Waals surface area contributed by atoms with Crippen molar-refractivity contribution in [3.05, 3.63) is 71.8 Å². The predicted molar refractivity (Wildman–Crippen MR) is 95.6 cm³/mol. The van der Waals surface area contributed by atoms with Crippen molar-refractivity contribution in [2.75, 3.05) is 11.1 Å². The highest BCUT2D eigenvalue weighted by molar-refractivity contribution is 6.18. The Morgan fingerprint density at radius 1 is 1.11 bits per heavy atom. The Hall–Kier alpha value is -3.88. The fourth-order valence-corrected chi connectivity index (χ4v) is 2.71. The van der Waals surface area contributed by atoms with Crippen molar-refractivity contribution in [3.8, 4) is 0 Å². The number of nitrogen functional groups attached to an aromatic ring is 1. The van der Waals surface area contributed by atoms with E-state index in [0.717, 1.165) is 12.1 Å². The highest BCUT2D eigenvalue weighted by Gasteiger charge is 2.25. The Bertz CT molecular complexity index is 1160. The molecule has 0 aliphatic carbocycles. The number of fused-ring (bicyclic) bond motifs is 1. The molecule has 0 saturated carbocycles. The minimum Gasteiger partial charge on any atom is -0.396 e. The third-order valence-corrected chi connectivity index (χ3v) is 3.97. The highest BCUT2D eigenvalue weighted by Crippen LogP contribution is 2.29. The number of carbonyl (C=O) groups is 1. The standard InChI is InChI=1S/C18H12F2N6O/c19-10-4-5-11(21)15(20)14(10)16(27)9-7-23-17-13(9)18(25-8-24-17)26-12-3-1-2-6-22-12/h1-8H,21H2,(H2,22,23,24,25,26). The molecule has 0 amide bonds. The van der Waals surface area contributed by atoms with Gasteiger partial charge in [0.15, 0.2) is 5.82 Å². The van der Waals surface area contributed by atoms with E-state index in [-0.39, 0.29) is 22.5 Å². The number of nitrogens with zero attached hydrogens (tertiary/aromatic N) is 3. The molecule has 7 nitrogen and oxygen atoms in total. The van der Waals surface area contributed by atoms with Gasteiger partial charge >= 0.3 is 0 Å². The number of rotatable bonds is 4. The van der Waals surface area contributed by atoms with Crippen LogP contribution in [0.15, 0.2) is 49.1 Å². The number of aromatic nitrogens is 4. The third-order valence-electron chi connectivity index (χ3n) is 3.97. The summed E-state index contributed by atoms with van der Waals surface area (Å²) < 4.78 is 28.4. The van der Waals surface area contributed by atoms with Crippen LogP contribution in [0.1, 0.15) is 15.9 Å². The smallest absolute Gasteiger partial charge is 0.201 e. The van der Waals surface area contributed by atoms with Crippen LogP contribution in [0, 0.1) is 11.6 Å². The van der Waals surface area contributed by atoms with Gasteiger partial charge in [-0.15, -0.1) is 0 Å². The molecule has 0 atom stereocenters. The van der Waals surface area contributed by atoms with Gasteiger partial charge < -0.3 is 16.0 Å². The van der Waals surface area contributed by atoms with Crippen LogP contribution in [-0.4, -0.2) is 25.7 Å². The number of hydrogen-bond donors (Lipinski definition) is 3. The quantitative estimate of drug-likeness (QED) is 0.378. The molecular formula is C18H12F2N6O. The number of H-pyrrole nitrogens is 1. The maximum Gasteiger partial charge on any atom is 0.201 e. The topological polar surface area (TPSA) is 110 Å². The Labute approximate surface area is 151 Å². The summed E-state index contributed by atoms with van der Waals surface area (Å²) in [4.78, 5) is 28.0. The number of carbonyl (C=O) groups excluding carboxylic acids is 1. The zero-order chi connectivity index (χ0) is 19.0. The molecule has 1 aromatic carbocycles. The number of pyridine rings is 1. The Morgan fingerprint density at radius 2 is 1.96 bits per heavy atom. The molecule has 0 aliphatic rings. The summed E-state index contributed by atoms with van der Waals surface area (Å²) in [6, 6.07) is 7.24. The summed E-state index contributed by atoms with van der Waals surface area (Å²) in [6.07, 6.45) is 4.20. The van der Waals surface area contributed by atoms with Gasteiger partial charge in [-0.2, -0.15) is 0 Å². The molecule has 9 heteroatoms. The molecule has 0 unspecified atom stereocenters. The lowest BCUT2D eigenvalue weighted by Gasteiger charge is -2.08. The zero-order valence-electron chi connectivity index (χ0n) is 13.7. The van der Waals surface area contributed by atoms with Gasteiger partial charge in [0.1, 0.15) is 29.4 Å². The largest absolute Gasteiger partial charge is 0.396 e. The van der Waals surface area contributed by atoms with Crippen molar-refractivity contribution in [3.63, 3.8) is 0 Å². The average Bonchev–Trinajstić information content (AvgIpc) is 3.11. The van der Waals surface area contributed by atoms with E-state index in [1.807, 2.05) is 0 Å². The van der Waals surface area contributed by atoms with Crippen LogP contribution in [0.5, 0.6) is 0 Å². The first-order valence-corrected chi connectivity index (χ1v) is 7.84. The summed E-state index contributed by atoms with van der Waals surface area (Å²) >= 11 is 0. The molecular weight excluding hydrogens is 354 g/mol. The van der Waals surface area contributed by atoms with Gasteiger partial charge in [-0.3, -0.25) is 4.79 Å². The summed E-state index contributed by atoms with van der Waals surface area (Å²) in [6.45, 7) is 0. The molecule has 134 valence electrons. The molecule has 0 spiro atoms. The SMILES string of the molecule is Nc1ccc(F)c(C(=O)c2c[nH]c3ncnc(Nc4ccccn4)c23)c1F. The molecule has 0 fully saturated rings. The monoisotopic (exact) mass is 366 g/mol. The van der Waals surface area contributed by atoms with E-state index in [0.29, 0.717) is 11.5 Å². The van der Waals surface area contributed by atoms with Crippen molar-refractivity contribution in [2.45, 2.75) is 0 Å². The number of nitrogens with one attached hydrogen (secondary N) is 2. The number of halogens is 2. The first-order chi connectivity index (χ1) is 13.1. The van der Waals surface area contributed by atoms with E-state index in [1.165, 1.54) is 12.5 Å². The number of nitrogens with two attached hydrogens (primary N) is 1. The van der Waals surface area contributed by atoms with E-state index >= 15 is 0 Å². The fourth-order valence-electron chi connectivity index (χ4n) is 2.71. The van der Waals surface area contributed by atoms with Gasteiger partial charge in [-0.05, 0) is 24.3 Å². The second-order valence-corrected chi connectivity index (χ2v) is 5.64. The Balaban J connectivity index is 1.86. The second kappa shape index (κ2) is 6.45. The summed E-state index contributed by atoms with van der Waals surface area (Å²) in [5.74, 6) is -2.23. The van der Waals surface area contributed by atoms with E-state index < -0.39 is 23.0 Å². The summed E-state index contributed by atoms with van der Waals surface area (Å²) in [7, 11) is 0. The van der Waals surface area contributed by atoms with Gasteiger partial charge in [0.25, 0.3) is 0 Å². The first-order valence-electron chi connectivity index (χ1n) is 7.84. The van der Waals surface area contributed by atoms with Gasteiger partial charge in [-0.25, -0.2) is 23.7 Å². The van der Waals surface area contributed by atoms with Crippen LogP contribution in [0.4, 0.5) is 26.1 Å². The molecule has 0 radical (unpaired) electrons. The second-order valence-electron chi connectivity index (χ2n) is 5.64. The van der Waals surface area contributed by atoms with Crippen LogP contribution in [-0.2, 0) is 0 Å².